The monoisotopic (exact) mass is 588 g/mol. The van der Waals surface area contributed by atoms with Crippen LogP contribution in [0.15, 0.2) is 97.6 Å². The number of rotatable bonds is 6. The summed E-state index contributed by atoms with van der Waals surface area (Å²) >= 11 is 12.1. The smallest absolute Gasteiger partial charge is 0.337 e. The number of methoxy groups -OCH3 is 1. The maximum absolute atomic E-state index is 11.4. The molecule has 206 valence electrons. The highest BCUT2D eigenvalue weighted by Gasteiger charge is 2.09. The number of nitrogens with zero attached hydrogens (tertiary/aromatic N) is 4. The first-order chi connectivity index (χ1) is 19.8. The largest absolute Gasteiger partial charge is 0.478 e. The fraction of sp³-hybridized carbons (Fsp3) is 0.0345. The maximum atomic E-state index is 11.4. The summed E-state index contributed by atoms with van der Waals surface area (Å²) in [6, 6.07) is 20.8. The molecule has 4 aromatic heterocycles. The molecule has 6 rings (SSSR count). The topological polar surface area (TPSA) is 122 Å². The molecule has 0 saturated heterocycles. The molecule has 0 aliphatic carbocycles. The molecule has 12 heteroatoms. The lowest BCUT2D eigenvalue weighted by molar-refractivity contribution is 0.0600. The number of anilines is 4. The van der Waals surface area contributed by atoms with Crippen LogP contribution in [0.2, 0.25) is 10.3 Å². The fourth-order valence-electron chi connectivity index (χ4n) is 3.97. The zero-order chi connectivity index (χ0) is 28.9. The Balaban J connectivity index is 0.000000165. The zero-order valence-corrected chi connectivity index (χ0v) is 23.0. The normalized spacial score (nSPS) is 10.6. The lowest BCUT2D eigenvalue weighted by Gasteiger charge is -2.09. The van der Waals surface area contributed by atoms with Crippen LogP contribution in [-0.2, 0) is 4.74 Å². The summed E-state index contributed by atoms with van der Waals surface area (Å²) in [5, 5.41) is 16.5. The molecule has 2 aromatic carbocycles. The van der Waals surface area contributed by atoms with Gasteiger partial charge in [0, 0.05) is 36.2 Å². The van der Waals surface area contributed by atoms with Crippen molar-refractivity contribution in [1.82, 2.24) is 18.8 Å². The summed E-state index contributed by atoms with van der Waals surface area (Å²) in [7, 11) is 1.36. The number of benzene rings is 2. The number of carbonyl (C=O) groups is 2. The van der Waals surface area contributed by atoms with Gasteiger partial charge in [-0.25, -0.2) is 19.6 Å². The number of aromatic nitrogens is 4. The van der Waals surface area contributed by atoms with E-state index in [4.69, 9.17) is 28.3 Å². The Bertz CT molecular complexity index is 1850. The molecule has 0 atom stereocenters. The second kappa shape index (κ2) is 12.0. The zero-order valence-electron chi connectivity index (χ0n) is 21.5. The van der Waals surface area contributed by atoms with Crippen molar-refractivity contribution in [3.8, 4) is 0 Å². The summed E-state index contributed by atoms with van der Waals surface area (Å²) in [4.78, 5) is 30.7. The Hall–Kier alpha value is -5.06. The van der Waals surface area contributed by atoms with Gasteiger partial charge in [-0.2, -0.15) is 0 Å². The summed E-state index contributed by atoms with van der Waals surface area (Å²) in [6.45, 7) is 0. The van der Waals surface area contributed by atoms with Gasteiger partial charge in [-0.1, -0.05) is 23.2 Å². The molecule has 0 radical (unpaired) electrons. The SMILES string of the molecule is COC(=O)c1ccc(Nc2ccc(Cl)n3ccnc23)cc1.O=C(O)c1ccc(Nc2ccc(Cl)n3ccnc23)cc1. The number of fused-ring (bicyclic) bond motifs is 2. The van der Waals surface area contributed by atoms with E-state index < -0.39 is 5.97 Å². The molecule has 3 N–H and O–H groups in total. The molecule has 0 saturated carbocycles. The number of ether oxygens (including phenoxy) is 1. The molecule has 0 amide bonds. The first-order valence-electron chi connectivity index (χ1n) is 12.1. The van der Waals surface area contributed by atoms with Gasteiger partial charge in [-0.05, 0) is 72.8 Å². The van der Waals surface area contributed by atoms with Crippen molar-refractivity contribution in [2.24, 2.45) is 0 Å². The Morgan fingerprint density at radius 3 is 1.56 bits per heavy atom. The quantitative estimate of drug-likeness (QED) is 0.141. The van der Waals surface area contributed by atoms with Crippen LogP contribution in [0, 0.1) is 0 Å². The van der Waals surface area contributed by atoms with Gasteiger partial charge in [0.1, 0.15) is 10.3 Å². The first-order valence-corrected chi connectivity index (χ1v) is 12.9. The molecule has 0 aliphatic heterocycles. The van der Waals surface area contributed by atoms with Gasteiger partial charge >= 0.3 is 11.9 Å². The average molecular weight is 589 g/mol. The van der Waals surface area contributed by atoms with Gasteiger partial charge in [0.25, 0.3) is 0 Å². The average Bonchev–Trinajstić information content (AvgIpc) is 3.69. The molecular weight excluding hydrogens is 567 g/mol. The lowest BCUT2D eigenvalue weighted by Crippen LogP contribution is -2.01. The molecular formula is C29H22Cl2N6O4. The molecule has 4 heterocycles. The van der Waals surface area contributed by atoms with Crippen molar-refractivity contribution in [1.29, 1.82) is 0 Å². The summed E-state index contributed by atoms with van der Waals surface area (Å²) < 4.78 is 8.21. The van der Waals surface area contributed by atoms with Crippen LogP contribution in [0.5, 0.6) is 0 Å². The third-order valence-corrected chi connectivity index (χ3v) is 6.61. The highest BCUT2D eigenvalue weighted by molar-refractivity contribution is 6.30. The molecule has 0 aliphatic rings. The Labute approximate surface area is 243 Å². The second-order valence-corrected chi connectivity index (χ2v) is 9.36. The van der Waals surface area contributed by atoms with E-state index in [1.54, 1.807) is 94.3 Å². The van der Waals surface area contributed by atoms with Gasteiger partial charge < -0.3 is 20.5 Å². The number of pyridine rings is 2. The molecule has 41 heavy (non-hydrogen) atoms. The van der Waals surface area contributed by atoms with Crippen LogP contribution in [0.1, 0.15) is 20.7 Å². The molecule has 10 nitrogen and oxygen atoms in total. The molecule has 0 fully saturated rings. The van der Waals surface area contributed by atoms with E-state index >= 15 is 0 Å². The number of aromatic carboxylic acids is 1. The number of carboxylic acid groups (broad SMARTS) is 1. The van der Waals surface area contributed by atoms with Crippen LogP contribution in [0.25, 0.3) is 11.3 Å². The number of halogens is 2. The number of carboxylic acids is 1. The van der Waals surface area contributed by atoms with Gasteiger partial charge in [0.15, 0.2) is 11.3 Å². The van der Waals surface area contributed by atoms with E-state index in [0.29, 0.717) is 21.5 Å². The number of hydrogen-bond donors (Lipinski definition) is 3. The Morgan fingerprint density at radius 1 is 0.707 bits per heavy atom. The Kier molecular flexibility index (Phi) is 8.04. The van der Waals surface area contributed by atoms with Crippen LogP contribution in [0.3, 0.4) is 0 Å². The third-order valence-electron chi connectivity index (χ3n) is 5.99. The van der Waals surface area contributed by atoms with Gasteiger partial charge in [0.2, 0.25) is 0 Å². The van der Waals surface area contributed by atoms with Crippen LogP contribution in [-0.4, -0.2) is 42.9 Å². The number of hydrogen-bond acceptors (Lipinski definition) is 7. The van der Waals surface area contributed by atoms with Crippen molar-refractivity contribution < 1.29 is 19.4 Å². The first kappa shape index (κ1) is 27.5. The maximum Gasteiger partial charge on any atom is 0.337 e. The highest BCUT2D eigenvalue weighted by atomic mass is 35.5. The molecule has 6 aromatic rings. The van der Waals surface area contributed by atoms with E-state index in [0.717, 1.165) is 28.4 Å². The number of imidazole rings is 2. The van der Waals surface area contributed by atoms with E-state index in [1.165, 1.54) is 7.11 Å². The second-order valence-electron chi connectivity index (χ2n) is 8.58. The van der Waals surface area contributed by atoms with Crippen molar-refractivity contribution in [3.05, 3.63) is 119 Å². The summed E-state index contributed by atoms with van der Waals surface area (Å²) in [5.74, 6) is -1.30. The van der Waals surface area contributed by atoms with Crippen molar-refractivity contribution in [3.63, 3.8) is 0 Å². The van der Waals surface area contributed by atoms with E-state index in [2.05, 4.69) is 25.3 Å². The van der Waals surface area contributed by atoms with Crippen LogP contribution in [0.4, 0.5) is 22.7 Å². The summed E-state index contributed by atoms with van der Waals surface area (Å²) in [5.41, 5.74) is 5.44. The van der Waals surface area contributed by atoms with E-state index in [9.17, 15) is 9.59 Å². The van der Waals surface area contributed by atoms with Crippen molar-refractivity contribution in [2.75, 3.05) is 17.7 Å². The predicted octanol–water partition coefficient (Wildman–Crippen LogP) is 6.95. The number of esters is 1. The van der Waals surface area contributed by atoms with Gasteiger partial charge in [-0.3, -0.25) is 8.80 Å². The van der Waals surface area contributed by atoms with E-state index in [1.807, 2.05) is 12.1 Å². The number of carbonyl (C=O) groups excluding carboxylic acids is 1. The molecule has 0 spiro atoms. The minimum atomic E-state index is -0.946. The molecule has 0 unspecified atom stereocenters. The minimum Gasteiger partial charge on any atom is -0.478 e. The van der Waals surface area contributed by atoms with Crippen molar-refractivity contribution >= 4 is 69.2 Å². The van der Waals surface area contributed by atoms with Gasteiger partial charge in [0.05, 0.1) is 29.6 Å². The fourth-order valence-corrected chi connectivity index (χ4v) is 4.37. The standard InChI is InChI=1S/C15H12ClN3O2.C14H10ClN3O2/c1-21-15(20)10-2-4-11(5-3-10)18-12-6-7-13(16)19-9-8-17-14(12)19;15-12-6-5-11(13-16-7-8-18(12)13)17-10-3-1-9(2-4-10)14(19)20/h2-9,18H,1H3;1-8,17H,(H,19,20). The van der Waals surface area contributed by atoms with Crippen LogP contribution < -0.4 is 10.6 Å². The van der Waals surface area contributed by atoms with Gasteiger partial charge in [-0.15, -0.1) is 0 Å². The predicted molar refractivity (Wildman–Crippen MR) is 158 cm³/mol. The van der Waals surface area contributed by atoms with Crippen LogP contribution >= 0.6 is 23.2 Å². The minimum absolute atomic E-state index is 0.248. The Morgan fingerprint density at radius 2 is 1.15 bits per heavy atom. The van der Waals surface area contributed by atoms with E-state index in [-0.39, 0.29) is 11.5 Å². The highest BCUT2D eigenvalue weighted by Crippen LogP contribution is 2.25. The third kappa shape index (κ3) is 6.08. The van der Waals surface area contributed by atoms with Crippen molar-refractivity contribution in [2.45, 2.75) is 0 Å². The summed E-state index contributed by atoms with van der Waals surface area (Å²) in [6.07, 6.45) is 6.92. The number of nitrogens with one attached hydrogen (secondary N) is 2. The molecule has 0 bridgehead atoms. The lowest BCUT2D eigenvalue weighted by atomic mass is 10.2.